The molecule has 0 aromatic carbocycles. The lowest BCUT2D eigenvalue weighted by molar-refractivity contribution is -0.146. The first-order valence-corrected chi connectivity index (χ1v) is 5.54. The largest absolute Gasteiger partial charge is 0.469 e. The van der Waals surface area contributed by atoms with Gasteiger partial charge in [0.1, 0.15) is 0 Å². The summed E-state index contributed by atoms with van der Waals surface area (Å²) in [5, 5.41) is 0. The monoisotopic (exact) mass is 230 g/mol. The number of esters is 1. The molecule has 0 saturated heterocycles. The van der Waals surface area contributed by atoms with Crippen molar-refractivity contribution in [3.63, 3.8) is 0 Å². The highest BCUT2D eigenvalue weighted by molar-refractivity contribution is 5.77. The van der Waals surface area contributed by atoms with E-state index in [9.17, 15) is 9.59 Å². The van der Waals surface area contributed by atoms with Gasteiger partial charge in [-0.3, -0.25) is 9.59 Å². The molecule has 0 radical (unpaired) electrons. The van der Waals surface area contributed by atoms with Crippen LogP contribution in [0.3, 0.4) is 0 Å². The van der Waals surface area contributed by atoms with E-state index in [2.05, 4.69) is 4.74 Å². The Labute approximate surface area is 96.9 Å². The van der Waals surface area contributed by atoms with Gasteiger partial charge in [-0.05, 0) is 19.4 Å². The van der Waals surface area contributed by atoms with Crippen LogP contribution in [-0.4, -0.2) is 44.0 Å². The molecule has 94 valence electrons. The summed E-state index contributed by atoms with van der Waals surface area (Å²) >= 11 is 0. The predicted molar refractivity (Wildman–Crippen MR) is 61.7 cm³/mol. The molecule has 5 heteroatoms. The van der Waals surface area contributed by atoms with Crippen LogP contribution in [0.2, 0.25) is 0 Å². The molecular weight excluding hydrogens is 208 g/mol. The van der Waals surface area contributed by atoms with Crippen LogP contribution in [0.15, 0.2) is 0 Å². The van der Waals surface area contributed by atoms with Crippen molar-refractivity contribution in [2.24, 2.45) is 11.7 Å². The number of amides is 1. The van der Waals surface area contributed by atoms with Gasteiger partial charge in [0.05, 0.1) is 13.0 Å². The van der Waals surface area contributed by atoms with Crippen molar-refractivity contribution in [1.29, 1.82) is 0 Å². The van der Waals surface area contributed by atoms with Gasteiger partial charge in [0, 0.05) is 20.0 Å². The number of rotatable bonds is 7. The zero-order chi connectivity index (χ0) is 12.6. The summed E-state index contributed by atoms with van der Waals surface area (Å²) in [7, 11) is 3.05. The molecule has 0 saturated carbocycles. The van der Waals surface area contributed by atoms with Crippen LogP contribution < -0.4 is 5.73 Å². The van der Waals surface area contributed by atoms with Crippen LogP contribution in [0.4, 0.5) is 0 Å². The maximum Gasteiger partial charge on any atom is 0.310 e. The first kappa shape index (κ1) is 14.9. The number of nitrogens with two attached hydrogens (primary N) is 1. The average Bonchev–Trinajstić information content (AvgIpc) is 2.27. The molecule has 0 spiro atoms. The van der Waals surface area contributed by atoms with E-state index in [4.69, 9.17) is 5.73 Å². The second-order valence-corrected chi connectivity index (χ2v) is 3.94. The molecule has 0 heterocycles. The van der Waals surface area contributed by atoms with Crippen LogP contribution in [0.25, 0.3) is 0 Å². The fourth-order valence-electron chi connectivity index (χ4n) is 1.40. The van der Waals surface area contributed by atoms with Crippen LogP contribution >= 0.6 is 0 Å². The zero-order valence-corrected chi connectivity index (χ0v) is 10.4. The van der Waals surface area contributed by atoms with E-state index in [0.717, 1.165) is 12.8 Å². The lowest BCUT2D eigenvalue weighted by atomic mass is 10.1. The smallest absolute Gasteiger partial charge is 0.310 e. The van der Waals surface area contributed by atoms with Gasteiger partial charge in [-0.25, -0.2) is 0 Å². The van der Waals surface area contributed by atoms with E-state index in [0.29, 0.717) is 19.5 Å². The first-order valence-electron chi connectivity index (χ1n) is 5.54. The Hall–Kier alpha value is -1.10. The van der Waals surface area contributed by atoms with Crippen molar-refractivity contribution in [3.05, 3.63) is 0 Å². The Kier molecular flexibility index (Phi) is 7.54. The van der Waals surface area contributed by atoms with Crippen molar-refractivity contribution >= 4 is 11.9 Å². The molecule has 0 aliphatic rings. The summed E-state index contributed by atoms with van der Waals surface area (Å²) in [6, 6.07) is 0. The van der Waals surface area contributed by atoms with Crippen molar-refractivity contribution < 1.29 is 14.3 Å². The quantitative estimate of drug-likeness (QED) is 0.507. The Morgan fingerprint density at radius 1 is 1.38 bits per heavy atom. The maximum absolute atomic E-state index is 11.6. The highest BCUT2D eigenvalue weighted by Crippen LogP contribution is 2.04. The van der Waals surface area contributed by atoms with E-state index < -0.39 is 0 Å². The molecule has 0 aromatic heterocycles. The first-order chi connectivity index (χ1) is 7.52. The number of hydrogen-bond donors (Lipinski definition) is 1. The van der Waals surface area contributed by atoms with Gasteiger partial charge in [0.15, 0.2) is 0 Å². The number of ether oxygens (including phenoxy) is 1. The molecule has 2 N–H and O–H groups in total. The Balaban J connectivity index is 3.90. The molecule has 1 amide bonds. The van der Waals surface area contributed by atoms with Crippen LogP contribution in [0.1, 0.15) is 26.2 Å². The summed E-state index contributed by atoms with van der Waals surface area (Å²) in [5.74, 6) is -0.528. The molecule has 5 nitrogen and oxygen atoms in total. The average molecular weight is 230 g/mol. The summed E-state index contributed by atoms with van der Waals surface area (Å²) in [6.07, 6.45) is 2.14. The minimum absolute atomic E-state index is 0.0456. The van der Waals surface area contributed by atoms with E-state index in [-0.39, 0.29) is 17.8 Å². The van der Waals surface area contributed by atoms with Crippen LogP contribution in [0.5, 0.6) is 0 Å². The number of hydrogen-bond acceptors (Lipinski definition) is 4. The molecule has 1 unspecified atom stereocenters. The van der Waals surface area contributed by atoms with Crippen LogP contribution in [-0.2, 0) is 14.3 Å². The molecule has 0 rings (SSSR count). The Morgan fingerprint density at radius 2 is 2.00 bits per heavy atom. The van der Waals surface area contributed by atoms with E-state index in [1.54, 1.807) is 18.9 Å². The second kappa shape index (κ2) is 8.10. The molecular formula is C11H22N2O3. The van der Waals surface area contributed by atoms with Gasteiger partial charge >= 0.3 is 5.97 Å². The van der Waals surface area contributed by atoms with Crippen LogP contribution in [0, 0.1) is 5.92 Å². The summed E-state index contributed by atoms with van der Waals surface area (Å²) in [4.78, 5) is 24.3. The van der Waals surface area contributed by atoms with Gasteiger partial charge in [-0.2, -0.15) is 0 Å². The molecule has 0 fully saturated rings. The molecule has 1 atom stereocenters. The highest BCUT2D eigenvalue weighted by Gasteiger charge is 2.18. The molecule has 0 aromatic rings. The van der Waals surface area contributed by atoms with E-state index >= 15 is 0 Å². The van der Waals surface area contributed by atoms with Gasteiger partial charge < -0.3 is 15.4 Å². The minimum atomic E-state index is -0.290. The topological polar surface area (TPSA) is 72.6 Å². The molecule has 0 bridgehead atoms. The van der Waals surface area contributed by atoms with Gasteiger partial charge in [0.25, 0.3) is 0 Å². The van der Waals surface area contributed by atoms with Crippen molar-refractivity contribution in [3.8, 4) is 0 Å². The predicted octanol–water partition coefficient (Wildman–Crippen LogP) is 0.383. The Bertz CT molecular complexity index is 231. The number of carbonyl (C=O) groups excluding carboxylic acids is 2. The number of unbranched alkanes of at least 4 members (excludes halogenated alkanes) is 1. The maximum atomic E-state index is 11.6. The standard InChI is InChI=1S/C11H22N2O3/c1-9(11(15)16-3)8-13(2)10(14)6-4-5-7-12/h9H,4-8,12H2,1-3H3. The lowest BCUT2D eigenvalue weighted by Gasteiger charge is -2.20. The number of carbonyl (C=O) groups is 2. The van der Waals surface area contributed by atoms with Crippen molar-refractivity contribution in [2.45, 2.75) is 26.2 Å². The lowest BCUT2D eigenvalue weighted by Crippen LogP contribution is -2.34. The highest BCUT2D eigenvalue weighted by atomic mass is 16.5. The third kappa shape index (κ3) is 5.70. The summed E-state index contributed by atoms with van der Waals surface area (Å²) < 4.78 is 4.60. The SMILES string of the molecule is COC(=O)C(C)CN(C)C(=O)CCCCN. The van der Waals surface area contributed by atoms with Gasteiger partial charge in [-0.1, -0.05) is 6.92 Å². The van der Waals surface area contributed by atoms with E-state index in [1.165, 1.54) is 7.11 Å². The zero-order valence-electron chi connectivity index (χ0n) is 10.4. The Morgan fingerprint density at radius 3 is 2.50 bits per heavy atom. The second-order valence-electron chi connectivity index (χ2n) is 3.94. The molecule has 0 aliphatic carbocycles. The number of nitrogens with zero attached hydrogens (tertiary/aromatic N) is 1. The fraction of sp³-hybridized carbons (Fsp3) is 0.818. The third-order valence-corrected chi connectivity index (χ3v) is 2.42. The minimum Gasteiger partial charge on any atom is -0.469 e. The molecule has 0 aliphatic heterocycles. The summed E-state index contributed by atoms with van der Waals surface area (Å²) in [6.45, 7) is 2.75. The normalized spacial score (nSPS) is 12.0. The van der Waals surface area contributed by atoms with Gasteiger partial charge in [0.2, 0.25) is 5.91 Å². The third-order valence-electron chi connectivity index (χ3n) is 2.42. The van der Waals surface area contributed by atoms with E-state index in [1.807, 2.05) is 0 Å². The van der Waals surface area contributed by atoms with Crippen molar-refractivity contribution in [1.82, 2.24) is 4.90 Å². The van der Waals surface area contributed by atoms with Crippen molar-refractivity contribution in [2.75, 3.05) is 27.2 Å². The summed E-state index contributed by atoms with van der Waals surface area (Å²) in [5.41, 5.74) is 5.34. The fourth-order valence-corrected chi connectivity index (χ4v) is 1.40. The number of methoxy groups -OCH3 is 1. The van der Waals surface area contributed by atoms with Gasteiger partial charge in [-0.15, -0.1) is 0 Å². The molecule has 16 heavy (non-hydrogen) atoms.